The lowest BCUT2D eigenvalue weighted by Crippen LogP contribution is -2.57. The third-order valence-corrected chi connectivity index (χ3v) is 10.1. The summed E-state index contributed by atoms with van der Waals surface area (Å²) in [6, 6.07) is 43.6. The Kier molecular flexibility index (Phi) is 14.5. The molecule has 2 aliphatic heterocycles. The van der Waals surface area contributed by atoms with Crippen molar-refractivity contribution in [1.82, 2.24) is 30.4 Å². The van der Waals surface area contributed by atoms with Crippen LogP contribution in [-0.2, 0) is 6.42 Å². The molecule has 0 spiro atoms. The van der Waals surface area contributed by atoms with Crippen molar-refractivity contribution >= 4 is 23.4 Å². The molecule has 59 heavy (non-hydrogen) atoms. The zero-order valence-electron chi connectivity index (χ0n) is 33.0. The number of carbonyl (C=O) groups excluding carboxylic acids is 2. The Morgan fingerprint density at radius 1 is 0.559 bits per heavy atom. The first kappa shape index (κ1) is 40.4. The molecule has 8 rings (SSSR count). The summed E-state index contributed by atoms with van der Waals surface area (Å²) in [4.78, 5) is 37.5. The van der Waals surface area contributed by atoms with Crippen LogP contribution in [-0.4, -0.2) is 96.4 Å². The monoisotopic (exact) mass is 790 g/mol. The minimum absolute atomic E-state index is 0.0451. The lowest BCUT2D eigenvalue weighted by Gasteiger charge is -2.35. The summed E-state index contributed by atoms with van der Waals surface area (Å²) in [7, 11) is 0. The van der Waals surface area contributed by atoms with E-state index in [2.05, 4.69) is 67.6 Å². The highest BCUT2D eigenvalue weighted by molar-refractivity contribution is 5.90. The summed E-state index contributed by atoms with van der Waals surface area (Å²) in [6.45, 7) is 5.04. The van der Waals surface area contributed by atoms with Crippen molar-refractivity contribution in [3.05, 3.63) is 169 Å². The van der Waals surface area contributed by atoms with Gasteiger partial charge in [0.15, 0.2) is 0 Å². The molecule has 4 heterocycles. The first-order valence-electron chi connectivity index (χ1n) is 20.0. The lowest BCUT2D eigenvalue weighted by molar-refractivity contribution is 0.132. The SMILES string of the molecule is O=C(Nc1ccc(-c2ccccc2)cc1)N1CCNCC1COc1cccnc1.O=C(Nc1ccc(Cc2ccccc2)cc1)N1CCNCC1COc1cccnc1. The average Bonchev–Trinajstić information content (AvgIpc) is 3.30. The van der Waals surface area contributed by atoms with Crippen molar-refractivity contribution in [2.45, 2.75) is 18.5 Å². The van der Waals surface area contributed by atoms with E-state index in [9.17, 15) is 9.59 Å². The number of benzene rings is 4. The Morgan fingerprint density at radius 2 is 1.02 bits per heavy atom. The van der Waals surface area contributed by atoms with Gasteiger partial charge in [-0.25, -0.2) is 9.59 Å². The number of hydrogen-bond donors (Lipinski definition) is 4. The van der Waals surface area contributed by atoms with E-state index < -0.39 is 0 Å². The summed E-state index contributed by atoms with van der Waals surface area (Å²) in [5.74, 6) is 1.41. The molecule has 2 aliphatic rings. The predicted molar refractivity (Wildman–Crippen MR) is 232 cm³/mol. The van der Waals surface area contributed by atoms with Gasteiger partial charge in [0.05, 0.1) is 24.5 Å². The smallest absolute Gasteiger partial charge is 0.322 e. The maximum atomic E-state index is 12.9. The first-order chi connectivity index (χ1) is 29.1. The van der Waals surface area contributed by atoms with Gasteiger partial charge in [-0.3, -0.25) is 9.97 Å². The summed E-state index contributed by atoms with van der Waals surface area (Å²) >= 11 is 0. The fraction of sp³-hybridized carbons (Fsp3) is 0.234. The van der Waals surface area contributed by atoms with Gasteiger partial charge in [0.2, 0.25) is 0 Å². The zero-order valence-corrected chi connectivity index (χ0v) is 33.0. The van der Waals surface area contributed by atoms with Crippen molar-refractivity contribution in [2.75, 3.05) is 63.1 Å². The van der Waals surface area contributed by atoms with Crippen LogP contribution in [0.4, 0.5) is 21.0 Å². The molecule has 2 aromatic heterocycles. The standard InChI is InChI=1S/C24H26N4O2.C23H24N4O2/c29-24(27-21-10-8-20(9-11-21)15-19-5-2-1-3-6-19)28-14-13-26-16-22(28)18-30-23-7-4-12-25-17-23;28-23(26-20-10-8-19(9-11-20)18-5-2-1-3-6-18)27-14-13-25-15-21(27)17-29-22-7-4-12-24-16-22/h1-12,17,22,26H,13-16,18H2,(H,27,29);1-12,16,21,25H,13-15,17H2,(H,26,28). The van der Waals surface area contributed by atoms with Crippen molar-refractivity contribution in [3.63, 3.8) is 0 Å². The second-order valence-corrected chi connectivity index (χ2v) is 14.3. The molecule has 302 valence electrons. The van der Waals surface area contributed by atoms with Crippen LogP contribution in [0.3, 0.4) is 0 Å². The number of carbonyl (C=O) groups is 2. The number of nitrogens with zero attached hydrogens (tertiary/aromatic N) is 4. The van der Waals surface area contributed by atoms with Gasteiger partial charge in [-0.15, -0.1) is 0 Å². The van der Waals surface area contributed by atoms with Gasteiger partial charge in [0, 0.05) is 63.0 Å². The van der Waals surface area contributed by atoms with E-state index in [0.717, 1.165) is 42.0 Å². The van der Waals surface area contributed by atoms with Crippen LogP contribution in [0, 0.1) is 0 Å². The number of anilines is 2. The highest BCUT2D eigenvalue weighted by atomic mass is 16.5. The fourth-order valence-corrected chi connectivity index (χ4v) is 6.91. The summed E-state index contributed by atoms with van der Waals surface area (Å²) in [5, 5.41) is 12.7. The van der Waals surface area contributed by atoms with Crippen molar-refractivity contribution in [1.29, 1.82) is 0 Å². The number of nitrogens with one attached hydrogen (secondary N) is 4. The van der Waals surface area contributed by atoms with Gasteiger partial charge >= 0.3 is 12.1 Å². The summed E-state index contributed by atoms with van der Waals surface area (Å²) < 4.78 is 11.6. The van der Waals surface area contributed by atoms with Crippen LogP contribution >= 0.6 is 0 Å². The maximum absolute atomic E-state index is 12.9. The van der Waals surface area contributed by atoms with E-state index in [0.29, 0.717) is 50.9 Å². The van der Waals surface area contributed by atoms with Gasteiger partial charge in [0.25, 0.3) is 0 Å². The molecule has 0 aliphatic carbocycles. The van der Waals surface area contributed by atoms with Crippen molar-refractivity contribution in [3.8, 4) is 22.6 Å². The Bertz CT molecular complexity index is 2160. The second kappa shape index (κ2) is 21.1. The highest BCUT2D eigenvalue weighted by Gasteiger charge is 2.28. The second-order valence-electron chi connectivity index (χ2n) is 14.3. The number of ether oxygens (including phenoxy) is 2. The molecule has 4 amide bonds. The number of hydrogen-bond acceptors (Lipinski definition) is 8. The number of urea groups is 2. The minimum Gasteiger partial charge on any atom is -0.490 e. The van der Waals surface area contributed by atoms with Gasteiger partial charge in [-0.05, 0) is 77.2 Å². The minimum atomic E-state index is -0.112. The molecule has 12 nitrogen and oxygen atoms in total. The van der Waals surface area contributed by atoms with Crippen LogP contribution in [0.5, 0.6) is 11.5 Å². The van der Waals surface area contributed by atoms with Crippen LogP contribution in [0.15, 0.2) is 158 Å². The van der Waals surface area contributed by atoms with Crippen LogP contribution < -0.4 is 30.7 Å². The average molecular weight is 791 g/mol. The molecule has 2 unspecified atom stereocenters. The molecule has 6 aromatic rings. The molecule has 0 radical (unpaired) electrons. The Balaban J connectivity index is 0.000000179. The Hall–Kier alpha value is -6.76. The zero-order chi connectivity index (χ0) is 40.5. The van der Waals surface area contributed by atoms with Crippen LogP contribution in [0.25, 0.3) is 11.1 Å². The molecule has 2 saturated heterocycles. The van der Waals surface area contributed by atoms with Gasteiger partial charge in [-0.2, -0.15) is 0 Å². The van der Waals surface area contributed by atoms with E-state index >= 15 is 0 Å². The number of amides is 4. The van der Waals surface area contributed by atoms with Crippen molar-refractivity contribution < 1.29 is 19.1 Å². The number of aromatic nitrogens is 2. The molecule has 4 aromatic carbocycles. The number of piperazine rings is 2. The highest BCUT2D eigenvalue weighted by Crippen LogP contribution is 2.22. The molecular formula is C47H50N8O4. The fourth-order valence-electron chi connectivity index (χ4n) is 6.91. The predicted octanol–water partition coefficient (Wildman–Crippen LogP) is 7.19. The summed E-state index contributed by atoms with van der Waals surface area (Å²) in [5.41, 5.74) is 6.33. The quantitative estimate of drug-likeness (QED) is 0.109. The third-order valence-electron chi connectivity index (χ3n) is 10.1. The molecular weight excluding hydrogens is 741 g/mol. The van der Waals surface area contributed by atoms with E-state index in [1.807, 2.05) is 107 Å². The van der Waals surface area contributed by atoms with Crippen LogP contribution in [0.2, 0.25) is 0 Å². The van der Waals surface area contributed by atoms with Gasteiger partial charge < -0.3 is 40.5 Å². The number of pyridine rings is 2. The Labute approximate surface area is 345 Å². The first-order valence-corrected chi connectivity index (χ1v) is 20.0. The lowest BCUT2D eigenvalue weighted by atomic mass is 10.0. The maximum Gasteiger partial charge on any atom is 0.322 e. The van der Waals surface area contributed by atoms with Crippen molar-refractivity contribution in [2.24, 2.45) is 0 Å². The van der Waals surface area contributed by atoms with Gasteiger partial charge in [-0.1, -0.05) is 84.9 Å². The topological polar surface area (TPSA) is 133 Å². The number of rotatable bonds is 11. The third kappa shape index (κ3) is 12.1. The van der Waals surface area contributed by atoms with E-state index in [1.54, 1.807) is 24.8 Å². The van der Waals surface area contributed by atoms with Crippen LogP contribution in [0.1, 0.15) is 11.1 Å². The van der Waals surface area contributed by atoms with E-state index in [-0.39, 0.29) is 24.1 Å². The Morgan fingerprint density at radius 3 is 1.51 bits per heavy atom. The van der Waals surface area contributed by atoms with Gasteiger partial charge in [0.1, 0.15) is 24.7 Å². The largest absolute Gasteiger partial charge is 0.490 e. The van der Waals surface area contributed by atoms with E-state index in [1.165, 1.54) is 11.1 Å². The molecule has 2 fully saturated rings. The van der Waals surface area contributed by atoms with E-state index in [4.69, 9.17) is 9.47 Å². The summed E-state index contributed by atoms with van der Waals surface area (Å²) in [6.07, 6.45) is 7.64. The molecule has 4 N–H and O–H groups in total. The molecule has 2 atom stereocenters. The molecule has 0 saturated carbocycles. The molecule has 12 heteroatoms. The molecule has 0 bridgehead atoms. The normalized spacial score (nSPS) is 16.2.